The molecule has 1 aromatic rings. The Kier molecular flexibility index (Phi) is 10.3. The molecular formula is C28H33N3O4. The van der Waals surface area contributed by atoms with Crippen LogP contribution in [0.25, 0.3) is 6.08 Å². The monoisotopic (exact) mass is 475 g/mol. The minimum absolute atomic E-state index is 0.0355. The van der Waals surface area contributed by atoms with Crippen LogP contribution >= 0.6 is 0 Å². The highest BCUT2D eigenvalue weighted by atomic mass is 16.7. The van der Waals surface area contributed by atoms with Gasteiger partial charge in [0.05, 0.1) is 19.3 Å². The van der Waals surface area contributed by atoms with Crippen molar-refractivity contribution in [2.45, 2.75) is 19.0 Å². The number of aliphatic hydroxyl groups is 1. The number of benzene rings is 1. The molecule has 1 aliphatic carbocycles. The van der Waals surface area contributed by atoms with E-state index in [0.717, 1.165) is 17.5 Å². The maximum Gasteiger partial charge on any atom is 0.276 e. The summed E-state index contributed by atoms with van der Waals surface area (Å²) in [5.41, 5.74) is 5.61. The van der Waals surface area contributed by atoms with Gasteiger partial charge in [0.1, 0.15) is 0 Å². The van der Waals surface area contributed by atoms with E-state index in [-0.39, 0.29) is 13.2 Å². The highest BCUT2D eigenvalue weighted by Gasteiger charge is 2.26. The first-order valence-electron chi connectivity index (χ1n) is 11.6. The highest BCUT2D eigenvalue weighted by molar-refractivity contribution is 5.91. The van der Waals surface area contributed by atoms with E-state index >= 15 is 0 Å². The average molecular weight is 476 g/mol. The zero-order valence-corrected chi connectivity index (χ0v) is 19.8. The largest absolute Gasteiger partial charge is 0.394 e. The number of nitrogens with one attached hydrogen (secondary N) is 2. The number of hydroxylamine groups is 3. The molecule has 0 radical (unpaired) electrons. The van der Waals surface area contributed by atoms with E-state index in [1.165, 1.54) is 17.7 Å². The molecule has 0 spiro atoms. The van der Waals surface area contributed by atoms with E-state index < -0.39 is 5.91 Å². The van der Waals surface area contributed by atoms with Crippen LogP contribution in [0.3, 0.4) is 0 Å². The first-order chi connectivity index (χ1) is 17.1. The van der Waals surface area contributed by atoms with E-state index in [4.69, 9.17) is 9.68 Å². The third-order valence-electron chi connectivity index (χ3n) is 5.56. The molecule has 0 fully saturated rings. The molecule has 3 rings (SSSR count). The molecule has 2 atom stereocenters. The zero-order valence-electron chi connectivity index (χ0n) is 19.8. The van der Waals surface area contributed by atoms with Crippen molar-refractivity contribution in [3.05, 3.63) is 115 Å². The Hall–Kier alpha value is -3.65. The van der Waals surface area contributed by atoms with Gasteiger partial charge in [-0.15, -0.1) is 0 Å². The summed E-state index contributed by atoms with van der Waals surface area (Å²) in [7, 11) is 0. The quantitative estimate of drug-likeness (QED) is 0.165. The Morgan fingerprint density at radius 2 is 2.00 bits per heavy atom. The van der Waals surface area contributed by atoms with Gasteiger partial charge in [-0.2, -0.15) is 10.5 Å². The molecule has 2 aliphatic rings. The second kappa shape index (κ2) is 13.9. The summed E-state index contributed by atoms with van der Waals surface area (Å²) >= 11 is 0. The molecule has 7 nitrogen and oxygen atoms in total. The summed E-state index contributed by atoms with van der Waals surface area (Å²) in [5.74, 6) is 0.386. The van der Waals surface area contributed by atoms with E-state index in [9.17, 15) is 9.90 Å². The Morgan fingerprint density at radius 1 is 1.20 bits per heavy atom. The number of aliphatic hydroxyl groups excluding tert-OH is 1. The first kappa shape index (κ1) is 26.0. The molecule has 0 saturated heterocycles. The van der Waals surface area contributed by atoms with Crippen molar-refractivity contribution in [3.8, 4) is 0 Å². The maximum atomic E-state index is 12.0. The zero-order chi connectivity index (χ0) is 24.9. The lowest BCUT2D eigenvalue weighted by Gasteiger charge is -2.24. The van der Waals surface area contributed by atoms with E-state index in [1.807, 2.05) is 29.3 Å². The molecule has 1 heterocycles. The van der Waals surface area contributed by atoms with Crippen LogP contribution in [0.2, 0.25) is 0 Å². The Morgan fingerprint density at radius 3 is 2.74 bits per heavy atom. The molecule has 0 saturated carbocycles. The number of carbonyl (C=O) groups is 1. The van der Waals surface area contributed by atoms with Gasteiger partial charge in [-0.05, 0) is 47.5 Å². The maximum absolute atomic E-state index is 12.0. The fourth-order valence-electron chi connectivity index (χ4n) is 3.78. The Balaban J connectivity index is 1.51. The van der Waals surface area contributed by atoms with Gasteiger partial charge < -0.3 is 15.3 Å². The van der Waals surface area contributed by atoms with Crippen molar-refractivity contribution in [1.82, 2.24) is 15.9 Å². The number of hydrogen-bond donors (Lipinski definition) is 3. The number of allylic oxidation sites excluding steroid dienone is 5. The third-order valence-corrected chi connectivity index (χ3v) is 5.56. The molecule has 1 aliphatic heterocycles. The molecule has 3 N–H and O–H groups in total. The number of nitrogens with zero attached hydrogens (tertiary/aromatic N) is 1. The number of hydrogen-bond acceptors (Lipinski definition) is 6. The predicted molar refractivity (Wildman–Crippen MR) is 138 cm³/mol. The normalized spacial score (nSPS) is 18.8. The van der Waals surface area contributed by atoms with E-state index in [2.05, 4.69) is 54.5 Å². The van der Waals surface area contributed by atoms with Gasteiger partial charge in [-0.3, -0.25) is 9.63 Å². The smallest absolute Gasteiger partial charge is 0.276 e. The summed E-state index contributed by atoms with van der Waals surface area (Å²) in [6, 6.07) is 8.19. The molecule has 2 unspecified atom stereocenters. The first-order valence-corrected chi connectivity index (χ1v) is 11.6. The lowest BCUT2D eigenvalue weighted by atomic mass is 9.90. The van der Waals surface area contributed by atoms with Crippen LogP contribution in [-0.2, 0) is 21.0 Å². The fraction of sp³-hybridized carbons (Fsp3) is 0.250. The SMILES string of the molecule is C=C/C=C(\C=C)ONC(=O)/C=C/c1ccc(CN(CCC2=CNC3C=CC=CC23)OCCO)cc1. The van der Waals surface area contributed by atoms with Gasteiger partial charge in [0, 0.05) is 25.1 Å². The van der Waals surface area contributed by atoms with Crippen LogP contribution in [0.15, 0.2) is 104 Å². The predicted octanol–water partition coefficient (Wildman–Crippen LogP) is 3.72. The van der Waals surface area contributed by atoms with Crippen LogP contribution in [-0.4, -0.2) is 41.9 Å². The third kappa shape index (κ3) is 8.26. The molecule has 35 heavy (non-hydrogen) atoms. The molecular weight excluding hydrogens is 442 g/mol. The van der Waals surface area contributed by atoms with Gasteiger partial charge in [0.2, 0.25) is 0 Å². The lowest BCUT2D eigenvalue weighted by molar-refractivity contribution is -0.172. The molecule has 1 aromatic carbocycles. The number of carbonyl (C=O) groups excluding carboxylic acids is 1. The summed E-state index contributed by atoms with van der Waals surface area (Å²) in [6.45, 7) is 8.68. The van der Waals surface area contributed by atoms with Crippen LogP contribution < -0.4 is 10.8 Å². The van der Waals surface area contributed by atoms with Gasteiger partial charge in [-0.25, -0.2) is 0 Å². The van der Waals surface area contributed by atoms with Crippen LogP contribution in [0, 0.1) is 5.92 Å². The minimum atomic E-state index is -0.393. The van der Waals surface area contributed by atoms with Gasteiger partial charge >= 0.3 is 0 Å². The molecule has 184 valence electrons. The fourth-order valence-corrected chi connectivity index (χ4v) is 3.78. The van der Waals surface area contributed by atoms with E-state index in [1.54, 1.807) is 18.2 Å². The van der Waals surface area contributed by atoms with Gasteiger partial charge in [0.15, 0.2) is 5.76 Å². The van der Waals surface area contributed by atoms with Crippen molar-refractivity contribution in [2.75, 3.05) is 19.8 Å². The second-order valence-corrected chi connectivity index (χ2v) is 8.03. The van der Waals surface area contributed by atoms with Crippen LogP contribution in [0.5, 0.6) is 0 Å². The van der Waals surface area contributed by atoms with Crippen molar-refractivity contribution in [2.24, 2.45) is 5.92 Å². The second-order valence-electron chi connectivity index (χ2n) is 8.03. The Labute approximate surface area is 207 Å². The summed E-state index contributed by atoms with van der Waals surface area (Å²) in [5, 5.41) is 14.5. The van der Waals surface area contributed by atoms with Crippen molar-refractivity contribution < 1.29 is 19.6 Å². The number of rotatable bonds is 14. The molecule has 1 amide bonds. The van der Waals surface area contributed by atoms with Crippen LogP contribution in [0.1, 0.15) is 17.5 Å². The van der Waals surface area contributed by atoms with Crippen molar-refractivity contribution in [3.63, 3.8) is 0 Å². The van der Waals surface area contributed by atoms with Gasteiger partial charge in [0.25, 0.3) is 5.91 Å². The Bertz CT molecular complexity index is 1020. The molecule has 0 bridgehead atoms. The summed E-state index contributed by atoms with van der Waals surface area (Å²) in [6.07, 6.45) is 19.2. The van der Waals surface area contributed by atoms with E-state index in [0.29, 0.717) is 30.8 Å². The minimum Gasteiger partial charge on any atom is -0.394 e. The van der Waals surface area contributed by atoms with Crippen LogP contribution in [0.4, 0.5) is 0 Å². The standard InChI is InChI=1S/C28H33N3O4/c1-3-7-25(4-2)35-30-28(33)15-14-22-10-12-23(13-11-22)21-31(34-19-18-32)17-16-24-20-29-27-9-6-5-8-26(24)27/h3-15,20,26-27,29,32H,1-2,16-19,21H2,(H,30,33)/b15-14+,25-7+. The molecule has 0 aromatic heterocycles. The van der Waals surface area contributed by atoms with Crippen molar-refractivity contribution in [1.29, 1.82) is 0 Å². The number of amides is 1. The topological polar surface area (TPSA) is 83.1 Å². The summed E-state index contributed by atoms with van der Waals surface area (Å²) < 4.78 is 0. The summed E-state index contributed by atoms with van der Waals surface area (Å²) in [4.78, 5) is 22.9. The van der Waals surface area contributed by atoms with Crippen molar-refractivity contribution >= 4 is 12.0 Å². The number of fused-ring (bicyclic) bond motifs is 1. The highest BCUT2D eigenvalue weighted by Crippen LogP contribution is 2.28. The lowest BCUT2D eigenvalue weighted by Crippen LogP contribution is -2.28. The molecule has 7 heteroatoms. The van der Waals surface area contributed by atoms with Gasteiger partial charge in [-0.1, -0.05) is 67.8 Å². The average Bonchev–Trinajstić information content (AvgIpc) is 3.30.